The minimum absolute atomic E-state index is 0.139. The van der Waals surface area contributed by atoms with Crippen LogP contribution in [0.2, 0.25) is 0 Å². The lowest BCUT2D eigenvalue weighted by molar-refractivity contribution is -0.146. The minimum Gasteiger partial charge on any atom is -0.465 e. The van der Waals surface area contributed by atoms with E-state index < -0.39 is 0 Å². The normalized spacial score (nSPS) is 17.1. The summed E-state index contributed by atoms with van der Waals surface area (Å²) in [6, 6.07) is 0. The van der Waals surface area contributed by atoms with Crippen LogP contribution in [0.5, 0.6) is 0 Å². The van der Waals surface area contributed by atoms with E-state index in [2.05, 4.69) is 15.3 Å². The van der Waals surface area contributed by atoms with Crippen molar-refractivity contribution in [1.29, 1.82) is 0 Å². The van der Waals surface area contributed by atoms with E-state index in [0.717, 1.165) is 28.6 Å². The molecule has 1 fully saturated rings. The first-order valence-electron chi connectivity index (χ1n) is 7.50. The highest BCUT2D eigenvalue weighted by molar-refractivity contribution is 7.16. The summed E-state index contributed by atoms with van der Waals surface area (Å²) < 4.78 is 7.00. The van der Waals surface area contributed by atoms with E-state index >= 15 is 0 Å². The van der Waals surface area contributed by atoms with Crippen LogP contribution in [0.4, 0.5) is 0 Å². The summed E-state index contributed by atoms with van der Waals surface area (Å²) in [6.07, 6.45) is 3.55. The highest BCUT2D eigenvalue weighted by Gasteiger charge is 2.32. The molecule has 7 heteroatoms. The standard InChI is InChI=1S/C14H20N4O2S/c1-4-20-13(19)10(8(2)3)12-17-18-11(9-6-5-7-9)15-16-14(18)21-12/h8-10H,4-7H2,1-3H3. The van der Waals surface area contributed by atoms with Crippen LogP contribution < -0.4 is 0 Å². The molecule has 2 heterocycles. The Kier molecular flexibility index (Phi) is 3.93. The first kappa shape index (κ1) is 14.4. The number of esters is 1. The highest BCUT2D eigenvalue weighted by Crippen LogP contribution is 2.37. The molecule has 2 aromatic heterocycles. The molecule has 0 spiro atoms. The molecular weight excluding hydrogens is 288 g/mol. The van der Waals surface area contributed by atoms with Crippen molar-refractivity contribution in [2.75, 3.05) is 6.61 Å². The van der Waals surface area contributed by atoms with Gasteiger partial charge in [0, 0.05) is 5.92 Å². The average Bonchev–Trinajstić information content (AvgIpc) is 2.89. The van der Waals surface area contributed by atoms with Crippen LogP contribution in [0.25, 0.3) is 4.96 Å². The maximum Gasteiger partial charge on any atom is 0.316 e. The predicted octanol–water partition coefficient (Wildman–Crippen LogP) is 2.76. The Balaban J connectivity index is 1.94. The Bertz CT molecular complexity index is 644. The van der Waals surface area contributed by atoms with E-state index in [-0.39, 0.29) is 17.8 Å². The number of ether oxygens (including phenoxy) is 1. The smallest absolute Gasteiger partial charge is 0.316 e. The molecule has 0 amide bonds. The lowest BCUT2D eigenvalue weighted by Crippen LogP contribution is -2.21. The zero-order valence-electron chi connectivity index (χ0n) is 12.6. The lowest BCUT2D eigenvalue weighted by atomic mass is 9.85. The Morgan fingerprint density at radius 2 is 2.19 bits per heavy atom. The molecule has 0 saturated heterocycles. The SMILES string of the molecule is CCOC(=O)C(c1nn2c(C3CCC3)nnc2s1)C(C)C. The molecule has 1 aliphatic carbocycles. The van der Waals surface area contributed by atoms with E-state index in [1.165, 1.54) is 17.8 Å². The van der Waals surface area contributed by atoms with Gasteiger partial charge >= 0.3 is 5.97 Å². The zero-order valence-corrected chi connectivity index (χ0v) is 13.4. The number of aromatic nitrogens is 4. The third-order valence-corrected chi connectivity index (χ3v) is 4.96. The van der Waals surface area contributed by atoms with Crippen LogP contribution in [0.15, 0.2) is 0 Å². The largest absolute Gasteiger partial charge is 0.465 e. The van der Waals surface area contributed by atoms with E-state index in [9.17, 15) is 4.79 Å². The number of hydrogen-bond donors (Lipinski definition) is 0. The summed E-state index contributed by atoms with van der Waals surface area (Å²) >= 11 is 1.44. The lowest BCUT2D eigenvalue weighted by Gasteiger charge is -2.22. The van der Waals surface area contributed by atoms with E-state index in [1.807, 2.05) is 25.3 Å². The van der Waals surface area contributed by atoms with Gasteiger partial charge in [0.05, 0.1) is 6.61 Å². The molecule has 0 aromatic carbocycles. The van der Waals surface area contributed by atoms with Crippen LogP contribution in [-0.4, -0.2) is 32.4 Å². The third-order valence-electron chi connectivity index (χ3n) is 3.97. The average molecular weight is 308 g/mol. The Hall–Kier alpha value is -1.50. The fraction of sp³-hybridized carbons (Fsp3) is 0.714. The van der Waals surface area contributed by atoms with E-state index in [4.69, 9.17) is 4.74 Å². The molecule has 6 nitrogen and oxygen atoms in total. The van der Waals surface area contributed by atoms with Crippen LogP contribution in [-0.2, 0) is 9.53 Å². The Morgan fingerprint density at radius 1 is 1.43 bits per heavy atom. The monoisotopic (exact) mass is 308 g/mol. The number of carbonyl (C=O) groups is 1. The summed E-state index contributed by atoms with van der Waals surface area (Å²) in [7, 11) is 0. The second-order valence-corrected chi connectivity index (χ2v) is 6.78. The van der Waals surface area contributed by atoms with Crippen molar-refractivity contribution >= 4 is 22.3 Å². The maximum absolute atomic E-state index is 12.2. The van der Waals surface area contributed by atoms with Gasteiger partial charge in [-0.15, -0.1) is 10.2 Å². The number of carbonyl (C=O) groups excluding carboxylic acids is 1. The van der Waals surface area contributed by atoms with E-state index in [0.29, 0.717) is 12.5 Å². The molecule has 2 aromatic rings. The topological polar surface area (TPSA) is 69.4 Å². The second kappa shape index (κ2) is 5.71. The minimum atomic E-state index is -0.328. The third kappa shape index (κ3) is 2.54. The summed E-state index contributed by atoms with van der Waals surface area (Å²) in [6.45, 7) is 6.23. The zero-order chi connectivity index (χ0) is 15.0. The summed E-state index contributed by atoms with van der Waals surface area (Å²) in [5, 5.41) is 13.8. The van der Waals surface area contributed by atoms with Crippen molar-refractivity contribution in [3.05, 3.63) is 10.8 Å². The number of fused-ring (bicyclic) bond motifs is 1. The van der Waals surface area contributed by atoms with Gasteiger partial charge in [0.1, 0.15) is 10.9 Å². The first-order valence-corrected chi connectivity index (χ1v) is 8.32. The fourth-order valence-electron chi connectivity index (χ4n) is 2.58. The van der Waals surface area contributed by atoms with Gasteiger partial charge in [-0.1, -0.05) is 31.6 Å². The molecule has 1 atom stereocenters. The van der Waals surface area contributed by atoms with E-state index in [1.54, 1.807) is 0 Å². The van der Waals surface area contributed by atoms with Gasteiger partial charge in [0.2, 0.25) is 4.96 Å². The first-order chi connectivity index (χ1) is 10.1. The van der Waals surface area contributed by atoms with Gasteiger partial charge in [-0.2, -0.15) is 9.61 Å². The number of hydrogen-bond acceptors (Lipinski definition) is 6. The molecule has 0 aliphatic heterocycles. The van der Waals surface area contributed by atoms with Crippen LogP contribution in [0, 0.1) is 5.92 Å². The molecule has 3 rings (SSSR count). The summed E-state index contributed by atoms with van der Waals surface area (Å²) in [5.74, 6) is 1.01. The second-order valence-electron chi connectivity index (χ2n) is 5.79. The predicted molar refractivity (Wildman–Crippen MR) is 79.5 cm³/mol. The summed E-state index contributed by atoms with van der Waals surface area (Å²) in [5.41, 5.74) is 0. The van der Waals surface area contributed by atoms with Crippen molar-refractivity contribution in [3.63, 3.8) is 0 Å². The molecular formula is C14H20N4O2S. The van der Waals surface area contributed by atoms with Crippen molar-refractivity contribution in [1.82, 2.24) is 19.8 Å². The fourth-order valence-corrected chi connectivity index (χ4v) is 3.69. The van der Waals surface area contributed by atoms with Crippen LogP contribution in [0.3, 0.4) is 0 Å². The molecule has 0 bridgehead atoms. The Morgan fingerprint density at radius 3 is 2.76 bits per heavy atom. The molecule has 1 saturated carbocycles. The molecule has 0 radical (unpaired) electrons. The van der Waals surface area contributed by atoms with Crippen molar-refractivity contribution < 1.29 is 9.53 Å². The number of rotatable bonds is 5. The van der Waals surface area contributed by atoms with Gasteiger partial charge in [-0.05, 0) is 25.7 Å². The van der Waals surface area contributed by atoms with Gasteiger partial charge < -0.3 is 4.74 Å². The van der Waals surface area contributed by atoms with Gasteiger partial charge in [-0.3, -0.25) is 4.79 Å². The van der Waals surface area contributed by atoms with Gasteiger partial charge in [0.15, 0.2) is 5.82 Å². The number of nitrogens with zero attached hydrogens (tertiary/aromatic N) is 4. The Labute approximate surface area is 127 Å². The van der Waals surface area contributed by atoms with Crippen molar-refractivity contribution in [3.8, 4) is 0 Å². The van der Waals surface area contributed by atoms with Gasteiger partial charge in [0.25, 0.3) is 0 Å². The molecule has 1 aliphatic rings. The highest BCUT2D eigenvalue weighted by atomic mass is 32.1. The molecule has 0 N–H and O–H groups in total. The van der Waals surface area contributed by atoms with Crippen molar-refractivity contribution in [2.45, 2.75) is 51.9 Å². The quantitative estimate of drug-likeness (QED) is 0.794. The van der Waals surface area contributed by atoms with Crippen LogP contribution >= 0.6 is 11.3 Å². The maximum atomic E-state index is 12.2. The van der Waals surface area contributed by atoms with Crippen LogP contribution in [0.1, 0.15) is 62.7 Å². The van der Waals surface area contributed by atoms with Crippen molar-refractivity contribution in [2.24, 2.45) is 5.92 Å². The molecule has 114 valence electrons. The molecule has 21 heavy (non-hydrogen) atoms. The summed E-state index contributed by atoms with van der Waals surface area (Å²) in [4.78, 5) is 12.9. The molecule has 1 unspecified atom stereocenters. The van der Waals surface area contributed by atoms with Gasteiger partial charge in [-0.25, -0.2) is 0 Å².